The van der Waals surface area contributed by atoms with Gasteiger partial charge in [0.1, 0.15) is 57.2 Å². The average molecular weight is 1980 g/mol. The number of aromatic hydroxyl groups is 2. The number of hydrogen-bond donors (Lipinski definition) is 10. The molecule has 0 aliphatic rings. The van der Waals surface area contributed by atoms with E-state index in [-0.39, 0.29) is 34.6 Å². The van der Waals surface area contributed by atoms with Crippen molar-refractivity contribution in [3.63, 3.8) is 0 Å². The van der Waals surface area contributed by atoms with E-state index in [0.717, 1.165) is 73.2 Å². The van der Waals surface area contributed by atoms with E-state index in [9.17, 15) is 47.8 Å². The maximum Gasteiger partial charge on any atom is 0.339 e. The predicted molar refractivity (Wildman–Crippen MR) is 550 cm³/mol. The number of methoxy groups -OCH3 is 3. The molecule has 5 aromatic heterocycles. The van der Waals surface area contributed by atoms with Crippen LogP contribution in [0.2, 0.25) is 5.02 Å². The molecule has 5 heterocycles. The minimum absolute atomic E-state index is 0.167. The molecule has 0 spiro atoms. The number of benzene rings is 14. The molecule has 720 valence electrons. The summed E-state index contributed by atoms with van der Waals surface area (Å²) >= 11 is 8.98. The van der Waals surface area contributed by atoms with Crippen LogP contribution in [0.4, 0.5) is 58.9 Å². The fourth-order valence-corrected chi connectivity index (χ4v) is 15.6. The van der Waals surface area contributed by atoms with Crippen molar-refractivity contribution in [2.24, 2.45) is 0 Å². The van der Waals surface area contributed by atoms with Gasteiger partial charge >= 0.3 is 5.97 Å². The number of carboxylic acid groups (broad SMARTS) is 1. The number of rotatable bonds is 28. The summed E-state index contributed by atoms with van der Waals surface area (Å²) in [6.45, 7) is 2.54. The van der Waals surface area contributed by atoms with Crippen LogP contribution in [0.25, 0.3) is 56.5 Å². The van der Waals surface area contributed by atoms with Gasteiger partial charge in [0.15, 0.2) is 10.3 Å². The quantitative estimate of drug-likeness (QED) is 0.0218. The standard InChI is InChI=1S/C23H18ClN3O2S.C23H18FN3O3.C23H17N3O4S.C22H17FN4O2.C18H17N3O3/c1-29-18-9-5-8-17(13-18)26-23-27-21(14-30-23)15-6-4-7-16(12-15)25-22(28)19-10-2-3-11-20(19)24;1-29-20-10-8-15(9-11-20)12-21-26-22(27-30-21)16-4-3-7-19(14-16)25-23(28)17-5-2-6-18(24)13-17;27-20-12-17(9-10-18(20)22(29)30)25-23-26-19(13-31-23)15-7-4-8-16(11-15)24-21(28)14-5-2-1-3-6-14;23-18-10-5-11-20(28)21(18)22(29)24-17-9-4-8-16(12-17)19-14-27(26-25-19)13-15-6-2-1-3-7-15;1-3-16-20-17(21-24-16)12-6-4-8-14(10-12)19-18(22)13-7-5-9-15(11-13)23-2/h2-14H,1H3,(H,25,28)(H,26,27);2-11,13-14H,12H2,1H3,(H,25,28);1-13,27H,(H,24,28)(H,25,26)(H,29,30);1-12,14,28H,13H2,(H,24,29);4-11H,3H2,1-2H3,(H,19,22). The Hall–Kier alpha value is -18.7. The minimum Gasteiger partial charge on any atom is -0.507 e. The number of aryl methyl sites for hydroxylation is 1. The van der Waals surface area contributed by atoms with E-state index in [1.807, 2.05) is 206 Å². The summed E-state index contributed by atoms with van der Waals surface area (Å²) in [4.78, 5) is 90.9. The number of carbonyl (C=O) groups is 6. The van der Waals surface area contributed by atoms with Crippen LogP contribution in [-0.2, 0) is 19.4 Å². The van der Waals surface area contributed by atoms with Crippen molar-refractivity contribution in [3.8, 4) is 85.3 Å². The third-order valence-electron chi connectivity index (χ3n) is 21.1. The van der Waals surface area contributed by atoms with Crippen molar-refractivity contribution >= 4 is 120 Å². The average Bonchev–Trinajstić information content (AvgIpc) is 1.64. The van der Waals surface area contributed by atoms with Crippen LogP contribution >= 0.6 is 34.3 Å². The molecule has 14 aromatic carbocycles. The number of phenols is 2. The fraction of sp³-hybridized carbons (Fsp3) is 0.0642. The van der Waals surface area contributed by atoms with Gasteiger partial charge in [-0.25, -0.2) is 28.2 Å². The highest BCUT2D eigenvalue weighted by molar-refractivity contribution is 7.14. The van der Waals surface area contributed by atoms with E-state index in [1.54, 1.807) is 135 Å². The molecule has 0 aliphatic heterocycles. The predicted octanol–water partition coefficient (Wildman–Crippen LogP) is 24.1. The fourth-order valence-electron chi connectivity index (χ4n) is 13.9. The lowest BCUT2D eigenvalue weighted by Gasteiger charge is -2.08. The number of phenolic OH excluding ortho intramolecular Hbond substituents is 1. The topological polar surface area (TPSA) is 409 Å². The number of nitrogens with zero attached hydrogens (tertiary/aromatic N) is 9. The Balaban J connectivity index is 0.000000136. The number of thiazole rings is 2. The summed E-state index contributed by atoms with van der Waals surface area (Å²) < 4.78 is 55.0. The Morgan fingerprint density at radius 3 is 1.40 bits per heavy atom. The number of halogens is 3. The summed E-state index contributed by atoms with van der Waals surface area (Å²) in [7, 11) is 4.82. The number of amides is 5. The monoisotopic (exact) mass is 1980 g/mol. The highest BCUT2D eigenvalue weighted by atomic mass is 35.5. The van der Waals surface area contributed by atoms with E-state index in [4.69, 9.17) is 40.0 Å². The van der Waals surface area contributed by atoms with Crippen LogP contribution in [-0.4, -0.2) is 117 Å². The van der Waals surface area contributed by atoms with Gasteiger partial charge < -0.3 is 75.8 Å². The van der Waals surface area contributed by atoms with Crippen LogP contribution in [0.3, 0.4) is 0 Å². The zero-order chi connectivity index (χ0) is 101. The lowest BCUT2D eigenvalue weighted by molar-refractivity contribution is 0.0692. The van der Waals surface area contributed by atoms with E-state index in [2.05, 4.69) is 77.8 Å². The summed E-state index contributed by atoms with van der Waals surface area (Å²) in [6.07, 6.45) is 2.99. The molecule has 0 fully saturated rings. The molecule has 35 heteroatoms. The molecule has 0 unspecified atom stereocenters. The van der Waals surface area contributed by atoms with E-state index in [1.165, 1.54) is 65.1 Å². The molecule has 0 bridgehead atoms. The number of aromatic carboxylic acids is 1. The van der Waals surface area contributed by atoms with Crippen LogP contribution in [0, 0.1) is 11.6 Å². The van der Waals surface area contributed by atoms with Crippen LogP contribution in [0.1, 0.15) is 92.0 Å². The van der Waals surface area contributed by atoms with Gasteiger partial charge in [-0.2, -0.15) is 9.97 Å². The van der Waals surface area contributed by atoms with Gasteiger partial charge in [0.05, 0.1) is 62.5 Å². The van der Waals surface area contributed by atoms with Gasteiger partial charge in [-0.1, -0.05) is 192 Å². The van der Waals surface area contributed by atoms with E-state index < -0.39 is 40.7 Å². The first-order valence-electron chi connectivity index (χ1n) is 44.1. The van der Waals surface area contributed by atoms with Crippen LogP contribution in [0.15, 0.2) is 366 Å². The molecule has 0 saturated heterocycles. The number of aromatic nitrogens is 9. The van der Waals surface area contributed by atoms with Gasteiger partial charge in [0.25, 0.3) is 29.5 Å². The van der Waals surface area contributed by atoms with Gasteiger partial charge in [0, 0.05) is 114 Å². The third-order valence-corrected chi connectivity index (χ3v) is 22.9. The SMILES string of the molecule is CCc1nc(-c2cccc(NC(=O)c3cccc(OC)c3)c2)no1.COc1ccc(Cc2nc(-c3cccc(NC(=O)c4cccc(F)c4)c3)no2)cc1.COc1cccc(Nc2nc(-c3cccc(NC(=O)c4ccccc4Cl)c3)cs2)c1.O=C(Nc1cccc(-c2cn(Cc3ccccc3)nn2)c1)c1c(O)cccc1F.O=C(Nc1cccc(-c2csc(Nc3ccc(C(=O)O)c(O)c3)n2)c1)c1ccccc1. The van der Waals surface area contributed by atoms with Gasteiger partial charge in [-0.15, -0.1) is 27.8 Å². The Morgan fingerprint density at radius 2 is 0.854 bits per heavy atom. The molecule has 0 radical (unpaired) electrons. The minimum atomic E-state index is -1.19. The molecule has 19 rings (SSSR count). The number of carboxylic acids is 1. The van der Waals surface area contributed by atoms with Gasteiger partial charge in [-0.3, -0.25) is 24.0 Å². The first kappa shape index (κ1) is 99.8. The van der Waals surface area contributed by atoms with E-state index >= 15 is 0 Å². The second kappa shape index (κ2) is 48.6. The number of nitrogens with one attached hydrogen (secondary N) is 7. The Kier molecular flexibility index (Phi) is 33.7. The maximum absolute atomic E-state index is 13.9. The largest absolute Gasteiger partial charge is 0.507 e. The first-order chi connectivity index (χ1) is 70.0. The molecular weight excluding hydrogens is 1890 g/mol. The molecule has 0 saturated carbocycles. The highest BCUT2D eigenvalue weighted by Gasteiger charge is 2.22. The second-order valence-electron chi connectivity index (χ2n) is 31.2. The van der Waals surface area contributed by atoms with Crippen molar-refractivity contribution in [1.29, 1.82) is 0 Å². The highest BCUT2D eigenvalue weighted by Crippen LogP contribution is 2.35. The van der Waals surface area contributed by atoms with Gasteiger partial charge in [0.2, 0.25) is 23.4 Å². The smallest absolute Gasteiger partial charge is 0.339 e. The van der Waals surface area contributed by atoms with Crippen LogP contribution < -0.4 is 51.4 Å². The summed E-state index contributed by atoms with van der Waals surface area (Å²) in [5.41, 5.74) is 13.9. The summed E-state index contributed by atoms with van der Waals surface area (Å²) in [5.74, 6) is -0.812. The molecule has 0 atom stereocenters. The lowest BCUT2D eigenvalue weighted by Crippen LogP contribution is -2.14. The number of anilines is 9. The number of hydrogen-bond acceptors (Lipinski definition) is 25. The van der Waals surface area contributed by atoms with Crippen molar-refractivity contribution in [2.75, 3.05) is 58.5 Å². The Bertz CT molecular complexity index is 7700. The molecule has 30 nitrogen and oxygen atoms in total. The van der Waals surface area contributed by atoms with E-state index in [0.29, 0.717) is 121 Å². The van der Waals surface area contributed by atoms with Crippen molar-refractivity contribution in [3.05, 3.63) is 430 Å². The Labute approximate surface area is 835 Å². The lowest BCUT2D eigenvalue weighted by atomic mass is 10.1. The third kappa shape index (κ3) is 27.7. The Morgan fingerprint density at radius 1 is 0.396 bits per heavy atom. The molecule has 19 aromatic rings. The zero-order valence-electron chi connectivity index (χ0n) is 77.0. The van der Waals surface area contributed by atoms with Crippen molar-refractivity contribution in [1.82, 2.24) is 45.2 Å². The zero-order valence-corrected chi connectivity index (χ0v) is 79.4. The molecule has 10 N–H and O–H groups in total. The normalized spacial score (nSPS) is 10.5. The maximum atomic E-state index is 13.9. The second-order valence-corrected chi connectivity index (χ2v) is 33.3. The van der Waals surface area contributed by atoms with Crippen molar-refractivity contribution < 1.29 is 76.1 Å². The molecular formula is C109H87ClF2N16O14S2. The molecule has 144 heavy (non-hydrogen) atoms. The summed E-state index contributed by atoms with van der Waals surface area (Å²) in [6, 6.07) is 97.9. The first-order valence-corrected chi connectivity index (χ1v) is 46.3. The van der Waals surface area contributed by atoms with Crippen molar-refractivity contribution in [2.45, 2.75) is 26.3 Å². The number of carbonyl (C=O) groups excluding carboxylic acids is 5. The molecule has 0 aliphatic carbocycles. The van der Waals surface area contributed by atoms with Gasteiger partial charge in [-0.05, 0) is 181 Å². The summed E-state index contributed by atoms with van der Waals surface area (Å²) in [5, 5.41) is 70.8. The van der Waals surface area contributed by atoms with Crippen LogP contribution in [0.5, 0.6) is 28.7 Å². The number of ether oxygens (including phenoxy) is 3. The molecule has 5 amide bonds.